The second kappa shape index (κ2) is 10.3. The second-order valence-electron chi connectivity index (χ2n) is 4.98. The Morgan fingerprint density at radius 2 is 1.89 bits per heavy atom. The van der Waals surface area contributed by atoms with Crippen LogP contribution in [0.3, 0.4) is 0 Å². The summed E-state index contributed by atoms with van der Waals surface area (Å²) >= 11 is 0. The number of nitrogens with one attached hydrogen (secondary N) is 1. The summed E-state index contributed by atoms with van der Waals surface area (Å²) < 4.78 is 10.9. The Hall–Kier alpha value is -0.630. The third kappa shape index (κ3) is 7.65. The summed E-state index contributed by atoms with van der Waals surface area (Å²) in [7, 11) is 1.84. The van der Waals surface area contributed by atoms with E-state index in [1.54, 1.807) is 0 Å². The molecule has 0 radical (unpaired) electrons. The monoisotopic (exact) mass is 256 g/mol. The van der Waals surface area contributed by atoms with Crippen molar-refractivity contribution in [1.82, 2.24) is 5.32 Å². The SMILES string of the molecule is CCC(C#N)(CCCOCCOCC(C)C)NC. The first-order valence-electron chi connectivity index (χ1n) is 6.86. The molecular formula is C14H28N2O2. The number of nitriles is 1. The van der Waals surface area contributed by atoms with Gasteiger partial charge in [-0.15, -0.1) is 0 Å². The fourth-order valence-electron chi connectivity index (χ4n) is 1.68. The lowest BCUT2D eigenvalue weighted by atomic mass is 9.92. The highest BCUT2D eigenvalue weighted by atomic mass is 16.5. The number of ether oxygens (including phenoxy) is 2. The Bertz CT molecular complexity index is 232. The molecule has 0 aromatic heterocycles. The molecule has 0 fully saturated rings. The Labute approximate surface area is 112 Å². The quantitative estimate of drug-likeness (QED) is 0.577. The van der Waals surface area contributed by atoms with Crippen molar-refractivity contribution in [3.63, 3.8) is 0 Å². The van der Waals surface area contributed by atoms with Crippen LogP contribution in [0.1, 0.15) is 40.0 Å². The lowest BCUT2D eigenvalue weighted by molar-refractivity contribution is 0.0356. The van der Waals surface area contributed by atoms with Gasteiger partial charge in [0.2, 0.25) is 0 Å². The van der Waals surface area contributed by atoms with Crippen LogP contribution >= 0.6 is 0 Å². The normalized spacial score (nSPS) is 14.4. The molecule has 106 valence electrons. The van der Waals surface area contributed by atoms with E-state index < -0.39 is 5.54 Å². The molecule has 0 aliphatic rings. The maximum Gasteiger partial charge on any atom is 0.106 e. The van der Waals surface area contributed by atoms with Crippen molar-refractivity contribution in [1.29, 1.82) is 5.26 Å². The maximum atomic E-state index is 9.13. The van der Waals surface area contributed by atoms with Crippen molar-refractivity contribution in [3.8, 4) is 6.07 Å². The van der Waals surface area contributed by atoms with Crippen molar-refractivity contribution in [3.05, 3.63) is 0 Å². The van der Waals surface area contributed by atoms with Crippen LogP contribution in [0.15, 0.2) is 0 Å². The topological polar surface area (TPSA) is 54.3 Å². The minimum absolute atomic E-state index is 0.391. The molecule has 18 heavy (non-hydrogen) atoms. The molecule has 0 aromatic carbocycles. The molecule has 0 saturated heterocycles. The Balaban J connectivity index is 3.48. The largest absolute Gasteiger partial charge is 0.379 e. The average Bonchev–Trinajstić information content (AvgIpc) is 2.38. The van der Waals surface area contributed by atoms with Gasteiger partial charge >= 0.3 is 0 Å². The predicted octanol–water partition coefficient (Wildman–Crippen LogP) is 2.35. The molecule has 0 aromatic rings. The number of hydrogen-bond donors (Lipinski definition) is 1. The molecular weight excluding hydrogens is 228 g/mol. The van der Waals surface area contributed by atoms with E-state index in [4.69, 9.17) is 14.7 Å². The van der Waals surface area contributed by atoms with Gasteiger partial charge in [-0.2, -0.15) is 5.26 Å². The summed E-state index contributed by atoms with van der Waals surface area (Å²) in [5.74, 6) is 0.571. The summed E-state index contributed by atoms with van der Waals surface area (Å²) in [4.78, 5) is 0. The second-order valence-corrected chi connectivity index (χ2v) is 4.98. The molecule has 0 bridgehead atoms. The third-order valence-electron chi connectivity index (χ3n) is 3.01. The van der Waals surface area contributed by atoms with E-state index in [9.17, 15) is 0 Å². The fourth-order valence-corrected chi connectivity index (χ4v) is 1.68. The molecule has 0 aliphatic carbocycles. The van der Waals surface area contributed by atoms with Gasteiger partial charge in [0.05, 0.1) is 19.3 Å². The summed E-state index contributed by atoms with van der Waals surface area (Å²) in [5, 5.41) is 12.2. The highest BCUT2D eigenvalue weighted by Gasteiger charge is 2.24. The zero-order valence-electron chi connectivity index (χ0n) is 12.3. The highest BCUT2D eigenvalue weighted by Crippen LogP contribution is 2.15. The Morgan fingerprint density at radius 3 is 2.39 bits per heavy atom. The van der Waals surface area contributed by atoms with Gasteiger partial charge < -0.3 is 14.8 Å². The molecule has 0 spiro atoms. The van der Waals surface area contributed by atoms with Crippen molar-refractivity contribution < 1.29 is 9.47 Å². The van der Waals surface area contributed by atoms with E-state index >= 15 is 0 Å². The maximum absolute atomic E-state index is 9.13. The van der Waals surface area contributed by atoms with Gasteiger partial charge in [-0.25, -0.2) is 0 Å². The van der Waals surface area contributed by atoms with E-state index in [0.29, 0.717) is 25.7 Å². The molecule has 4 nitrogen and oxygen atoms in total. The van der Waals surface area contributed by atoms with Crippen LogP contribution in [0.4, 0.5) is 0 Å². The molecule has 0 rings (SSSR count). The number of nitrogens with zero attached hydrogens (tertiary/aromatic N) is 1. The van der Waals surface area contributed by atoms with E-state index in [0.717, 1.165) is 25.9 Å². The van der Waals surface area contributed by atoms with Crippen LogP contribution in [0, 0.1) is 17.2 Å². The minimum Gasteiger partial charge on any atom is -0.379 e. The van der Waals surface area contributed by atoms with Crippen molar-refractivity contribution >= 4 is 0 Å². The molecule has 1 unspecified atom stereocenters. The van der Waals surface area contributed by atoms with E-state index in [-0.39, 0.29) is 0 Å². The van der Waals surface area contributed by atoms with Crippen molar-refractivity contribution in [2.75, 3.05) is 33.5 Å². The van der Waals surface area contributed by atoms with E-state index in [1.165, 1.54) is 0 Å². The molecule has 0 aliphatic heterocycles. The fraction of sp³-hybridized carbons (Fsp3) is 0.929. The lowest BCUT2D eigenvalue weighted by Crippen LogP contribution is -2.40. The van der Waals surface area contributed by atoms with Crippen LogP contribution < -0.4 is 5.32 Å². The van der Waals surface area contributed by atoms with Gasteiger partial charge in [-0.05, 0) is 32.2 Å². The third-order valence-corrected chi connectivity index (χ3v) is 3.01. The van der Waals surface area contributed by atoms with Crippen LogP contribution in [0.5, 0.6) is 0 Å². The Morgan fingerprint density at radius 1 is 1.22 bits per heavy atom. The zero-order chi connectivity index (χ0) is 13.9. The van der Waals surface area contributed by atoms with Gasteiger partial charge in [0, 0.05) is 13.2 Å². The summed E-state index contributed by atoms with van der Waals surface area (Å²) in [6, 6.07) is 2.35. The molecule has 1 N–H and O–H groups in total. The summed E-state index contributed by atoms with van der Waals surface area (Å²) in [6.45, 7) is 9.06. The standard InChI is InChI=1S/C14H28N2O2/c1-5-14(12-15,16-4)7-6-8-17-9-10-18-11-13(2)3/h13,16H,5-11H2,1-4H3. The first-order valence-corrected chi connectivity index (χ1v) is 6.86. The van der Waals surface area contributed by atoms with Gasteiger partial charge in [-0.3, -0.25) is 0 Å². The zero-order valence-corrected chi connectivity index (χ0v) is 12.3. The van der Waals surface area contributed by atoms with Crippen LogP contribution in [-0.2, 0) is 9.47 Å². The van der Waals surface area contributed by atoms with Gasteiger partial charge in [0.1, 0.15) is 5.54 Å². The van der Waals surface area contributed by atoms with Gasteiger partial charge in [-0.1, -0.05) is 20.8 Å². The highest BCUT2D eigenvalue weighted by molar-refractivity contribution is 5.05. The lowest BCUT2D eigenvalue weighted by Gasteiger charge is -2.24. The number of hydrogen-bond acceptors (Lipinski definition) is 4. The van der Waals surface area contributed by atoms with Crippen molar-refractivity contribution in [2.24, 2.45) is 5.92 Å². The molecule has 0 heterocycles. The molecule has 4 heteroatoms. The molecule has 0 saturated carbocycles. The first-order chi connectivity index (χ1) is 8.60. The van der Waals surface area contributed by atoms with Crippen LogP contribution in [0.2, 0.25) is 0 Å². The Kier molecular flexibility index (Phi) is 9.95. The number of rotatable bonds is 11. The summed E-state index contributed by atoms with van der Waals surface area (Å²) in [6.07, 6.45) is 2.53. The predicted molar refractivity (Wildman–Crippen MR) is 73.4 cm³/mol. The van der Waals surface area contributed by atoms with Gasteiger partial charge in [0.25, 0.3) is 0 Å². The molecule has 1 atom stereocenters. The molecule has 0 amide bonds. The first kappa shape index (κ1) is 17.4. The smallest absolute Gasteiger partial charge is 0.106 e. The van der Waals surface area contributed by atoms with E-state index in [1.807, 2.05) is 14.0 Å². The van der Waals surface area contributed by atoms with Gasteiger partial charge in [0.15, 0.2) is 0 Å². The van der Waals surface area contributed by atoms with E-state index in [2.05, 4.69) is 25.2 Å². The minimum atomic E-state index is -0.391. The average molecular weight is 256 g/mol. The van der Waals surface area contributed by atoms with Crippen molar-refractivity contribution in [2.45, 2.75) is 45.6 Å². The summed E-state index contributed by atoms with van der Waals surface area (Å²) in [5.41, 5.74) is -0.391. The van der Waals surface area contributed by atoms with Crippen LogP contribution in [-0.4, -0.2) is 39.0 Å². The van der Waals surface area contributed by atoms with Crippen LogP contribution in [0.25, 0.3) is 0 Å².